The third-order valence-corrected chi connectivity index (χ3v) is 2.31. The maximum atomic E-state index is 10.9. The predicted octanol–water partition coefficient (Wildman–Crippen LogP) is 1.52. The number of aliphatic hydroxyl groups is 1. The first-order chi connectivity index (χ1) is 6.86. The Morgan fingerprint density at radius 3 is 2.86 bits per heavy atom. The first kappa shape index (κ1) is 8.97. The Hall–Kier alpha value is -1.61. The van der Waals surface area contributed by atoms with Crippen molar-refractivity contribution in [3.63, 3.8) is 0 Å². The molecule has 2 N–H and O–H groups in total. The fourth-order valence-corrected chi connectivity index (χ4v) is 1.66. The molecular weight excluding hydrogens is 178 g/mol. The molecule has 0 aliphatic carbocycles. The normalized spacial score (nSPS) is 10.6. The first-order valence-corrected chi connectivity index (χ1v) is 4.52. The molecule has 0 radical (unpaired) electrons. The molecule has 1 aromatic heterocycles. The lowest BCUT2D eigenvalue weighted by atomic mass is 10.1. The van der Waals surface area contributed by atoms with E-state index in [2.05, 4.69) is 4.98 Å². The summed E-state index contributed by atoms with van der Waals surface area (Å²) >= 11 is 0. The van der Waals surface area contributed by atoms with Crippen LogP contribution < -0.4 is 0 Å². The van der Waals surface area contributed by atoms with Crippen molar-refractivity contribution in [3.8, 4) is 0 Å². The molecule has 0 saturated heterocycles. The van der Waals surface area contributed by atoms with Crippen molar-refractivity contribution in [2.24, 2.45) is 0 Å². The quantitative estimate of drug-likeness (QED) is 0.719. The number of hydrogen-bond acceptors (Lipinski definition) is 2. The van der Waals surface area contributed by atoms with Crippen LogP contribution in [0.3, 0.4) is 0 Å². The third kappa shape index (κ3) is 1.32. The third-order valence-electron chi connectivity index (χ3n) is 2.31. The van der Waals surface area contributed by atoms with E-state index in [9.17, 15) is 4.79 Å². The lowest BCUT2D eigenvalue weighted by molar-refractivity contribution is 0.112. The van der Waals surface area contributed by atoms with E-state index in [1.54, 1.807) is 0 Å². The van der Waals surface area contributed by atoms with E-state index in [1.807, 2.05) is 24.3 Å². The van der Waals surface area contributed by atoms with Gasteiger partial charge in [-0.05, 0) is 6.07 Å². The van der Waals surface area contributed by atoms with Crippen LogP contribution in [0.2, 0.25) is 0 Å². The largest absolute Gasteiger partial charge is 0.396 e. The van der Waals surface area contributed by atoms with Crippen molar-refractivity contribution < 1.29 is 9.90 Å². The van der Waals surface area contributed by atoms with E-state index in [-0.39, 0.29) is 6.61 Å². The van der Waals surface area contributed by atoms with Crippen molar-refractivity contribution in [2.75, 3.05) is 6.61 Å². The van der Waals surface area contributed by atoms with Gasteiger partial charge >= 0.3 is 0 Å². The van der Waals surface area contributed by atoms with Gasteiger partial charge in [-0.2, -0.15) is 0 Å². The zero-order valence-corrected chi connectivity index (χ0v) is 7.66. The first-order valence-electron chi connectivity index (χ1n) is 4.52. The highest BCUT2D eigenvalue weighted by atomic mass is 16.3. The number of nitrogens with one attached hydrogen (secondary N) is 1. The van der Waals surface area contributed by atoms with Gasteiger partial charge in [0.15, 0.2) is 6.29 Å². The van der Waals surface area contributed by atoms with E-state index in [1.165, 1.54) is 0 Å². The molecule has 2 rings (SSSR count). The lowest BCUT2D eigenvalue weighted by Gasteiger charge is -1.93. The summed E-state index contributed by atoms with van der Waals surface area (Å²) in [6.45, 7) is 0.0493. The van der Waals surface area contributed by atoms with Gasteiger partial charge in [-0.1, -0.05) is 18.2 Å². The lowest BCUT2D eigenvalue weighted by Crippen LogP contribution is -1.94. The summed E-state index contributed by atoms with van der Waals surface area (Å²) in [5, 5.41) is 9.75. The summed E-state index contributed by atoms with van der Waals surface area (Å²) in [5.74, 6) is 0. The summed E-state index contributed by atoms with van der Waals surface area (Å²) in [6.07, 6.45) is 1.33. The minimum Gasteiger partial charge on any atom is -0.396 e. The number of para-hydroxylation sites is 1. The molecule has 1 aromatic carbocycles. The SMILES string of the molecule is O=Cc1c(CCO)[nH]c2ccccc12. The average molecular weight is 189 g/mol. The number of aldehydes is 1. The molecule has 0 spiro atoms. The summed E-state index contributed by atoms with van der Waals surface area (Å²) in [6, 6.07) is 7.63. The maximum Gasteiger partial charge on any atom is 0.152 e. The Balaban J connectivity index is 2.65. The molecule has 0 unspecified atom stereocenters. The second-order valence-electron chi connectivity index (χ2n) is 3.15. The predicted molar refractivity (Wildman–Crippen MR) is 54.5 cm³/mol. The van der Waals surface area contributed by atoms with Gasteiger partial charge in [0.1, 0.15) is 0 Å². The standard InChI is InChI=1S/C11H11NO2/c13-6-5-11-9(7-14)8-3-1-2-4-10(8)12-11/h1-4,7,12-13H,5-6H2. The fourth-order valence-electron chi connectivity index (χ4n) is 1.66. The second kappa shape index (κ2) is 3.64. The Bertz CT molecular complexity index is 459. The summed E-state index contributed by atoms with van der Waals surface area (Å²) in [7, 11) is 0. The van der Waals surface area contributed by atoms with Crippen LogP contribution in [0.25, 0.3) is 10.9 Å². The highest BCUT2D eigenvalue weighted by Gasteiger charge is 2.08. The van der Waals surface area contributed by atoms with Crippen LogP contribution in [0.5, 0.6) is 0 Å². The van der Waals surface area contributed by atoms with Gasteiger partial charge in [-0.15, -0.1) is 0 Å². The number of aromatic amines is 1. The van der Waals surface area contributed by atoms with Crippen LogP contribution in [0.15, 0.2) is 24.3 Å². The molecule has 0 aliphatic rings. The van der Waals surface area contributed by atoms with Crippen LogP contribution in [-0.2, 0) is 6.42 Å². The van der Waals surface area contributed by atoms with Gasteiger partial charge in [0.05, 0.1) is 0 Å². The number of fused-ring (bicyclic) bond motifs is 1. The van der Waals surface area contributed by atoms with E-state index in [0.717, 1.165) is 22.9 Å². The molecule has 0 bridgehead atoms. The second-order valence-corrected chi connectivity index (χ2v) is 3.15. The average Bonchev–Trinajstić information content (AvgIpc) is 2.55. The Kier molecular flexibility index (Phi) is 2.33. The number of H-pyrrole nitrogens is 1. The number of aliphatic hydroxyl groups excluding tert-OH is 1. The van der Waals surface area contributed by atoms with Crippen LogP contribution in [0, 0.1) is 0 Å². The van der Waals surface area contributed by atoms with E-state index >= 15 is 0 Å². The zero-order chi connectivity index (χ0) is 9.97. The highest BCUT2D eigenvalue weighted by molar-refractivity contribution is 5.98. The number of hydrogen-bond donors (Lipinski definition) is 2. The number of rotatable bonds is 3. The van der Waals surface area contributed by atoms with Crippen molar-refractivity contribution >= 4 is 17.2 Å². The molecular formula is C11H11NO2. The van der Waals surface area contributed by atoms with Gasteiger partial charge < -0.3 is 10.1 Å². The molecule has 0 atom stereocenters. The van der Waals surface area contributed by atoms with Crippen molar-refractivity contribution in [2.45, 2.75) is 6.42 Å². The molecule has 14 heavy (non-hydrogen) atoms. The smallest absolute Gasteiger partial charge is 0.152 e. The van der Waals surface area contributed by atoms with Gasteiger partial charge in [0, 0.05) is 35.2 Å². The Morgan fingerprint density at radius 2 is 2.14 bits per heavy atom. The molecule has 0 fully saturated rings. The van der Waals surface area contributed by atoms with Crippen LogP contribution >= 0.6 is 0 Å². The monoisotopic (exact) mass is 189 g/mol. The Labute approximate surface area is 81.4 Å². The van der Waals surface area contributed by atoms with Crippen molar-refractivity contribution in [1.29, 1.82) is 0 Å². The van der Waals surface area contributed by atoms with E-state index < -0.39 is 0 Å². The number of carbonyl (C=O) groups excluding carboxylic acids is 1. The van der Waals surface area contributed by atoms with Crippen LogP contribution in [0.1, 0.15) is 16.1 Å². The highest BCUT2D eigenvalue weighted by Crippen LogP contribution is 2.20. The van der Waals surface area contributed by atoms with Crippen LogP contribution in [-0.4, -0.2) is 23.0 Å². The molecule has 0 amide bonds. The summed E-state index contributed by atoms with van der Waals surface area (Å²) in [5.41, 5.74) is 2.41. The molecule has 72 valence electrons. The van der Waals surface area contributed by atoms with Crippen molar-refractivity contribution in [1.82, 2.24) is 4.98 Å². The van der Waals surface area contributed by atoms with E-state index in [0.29, 0.717) is 12.0 Å². The van der Waals surface area contributed by atoms with Crippen molar-refractivity contribution in [3.05, 3.63) is 35.5 Å². The zero-order valence-electron chi connectivity index (χ0n) is 7.66. The number of benzene rings is 1. The van der Waals surface area contributed by atoms with Gasteiger partial charge in [0.2, 0.25) is 0 Å². The number of aromatic nitrogens is 1. The molecule has 3 heteroatoms. The molecule has 2 aromatic rings. The minimum absolute atomic E-state index is 0.0493. The van der Waals surface area contributed by atoms with E-state index in [4.69, 9.17) is 5.11 Å². The molecule has 0 aliphatic heterocycles. The maximum absolute atomic E-state index is 10.9. The molecule has 3 nitrogen and oxygen atoms in total. The van der Waals surface area contributed by atoms with Crippen LogP contribution in [0.4, 0.5) is 0 Å². The molecule has 1 heterocycles. The van der Waals surface area contributed by atoms with Gasteiger partial charge in [-0.3, -0.25) is 4.79 Å². The Morgan fingerprint density at radius 1 is 1.36 bits per heavy atom. The minimum atomic E-state index is 0.0493. The number of carbonyl (C=O) groups is 1. The summed E-state index contributed by atoms with van der Waals surface area (Å²) < 4.78 is 0. The van der Waals surface area contributed by atoms with Gasteiger partial charge in [0.25, 0.3) is 0 Å². The summed E-state index contributed by atoms with van der Waals surface area (Å²) in [4.78, 5) is 14.0. The fraction of sp³-hybridized carbons (Fsp3) is 0.182. The molecule has 0 saturated carbocycles. The van der Waals surface area contributed by atoms with Gasteiger partial charge in [-0.25, -0.2) is 0 Å². The topological polar surface area (TPSA) is 53.1 Å².